The van der Waals surface area contributed by atoms with Gasteiger partial charge >= 0.3 is 0 Å². The van der Waals surface area contributed by atoms with E-state index in [2.05, 4.69) is 10.5 Å². The van der Waals surface area contributed by atoms with E-state index in [4.69, 9.17) is 0 Å². The molecular weight excluding hydrogens is 267 g/mol. The summed E-state index contributed by atoms with van der Waals surface area (Å²) in [6, 6.07) is 11.3. The molecule has 0 aliphatic rings. The number of nitrogens with zero attached hydrogens (tertiary/aromatic N) is 1. The predicted molar refractivity (Wildman–Crippen MR) is 82.0 cm³/mol. The Hall–Kier alpha value is -2.49. The number of rotatable bonds is 3. The minimum absolute atomic E-state index is 0.363. The van der Waals surface area contributed by atoms with Crippen molar-refractivity contribution in [3.8, 4) is 0 Å². The summed E-state index contributed by atoms with van der Waals surface area (Å²) in [4.78, 5) is 11.9. The van der Waals surface area contributed by atoms with Gasteiger partial charge in [-0.1, -0.05) is 12.1 Å². The Morgan fingerprint density at radius 1 is 1.00 bits per heavy atom. The molecule has 1 N–H and O–H groups in total. The predicted octanol–water partition coefficient (Wildman–Crippen LogP) is 3.60. The number of hydrogen-bond acceptors (Lipinski definition) is 2. The van der Waals surface area contributed by atoms with E-state index >= 15 is 0 Å². The minimum Gasteiger partial charge on any atom is -0.267 e. The van der Waals surface area contributed by atoms with Crippen molar-refractivity contribution in [3.05, 3.63) is 70.5 Å². The summed E-state index contributed by atoms with van der Waals surface area (Å²) in [6.45, 7) is 5.90. The van der Waals surface area contributed by atoms with E-state index in [1.807, 2.05) is 39.0 Å². The van der Waals surface area contributed by atoms with Gasteiger partial charge in [0.2, 0.25) is 0 Å². The van der Waals surface area contributed by atoms with E-state index in [0.29, 0.717) is 11.3 Å². The van der Waals surface area contributed by atoms with Crippen LogP contribution in [-0.2, 0) is 0 Å². The van der Waals surface area contributed by atoms with Crippen LogP contribution in [0, 0.1) is 19.7 Å². The highest BCUT2D eigenvalue weighted by Crippen LogP contribution is 2.10. The first-order chi connectivity index (χ1) is 9.97. The second kappa shape index (κ2) is 6.31. The standard InChI is InChI=1S/C17H17FN2O/c1-11-4-5-15(10-12(11)2)13(3)19-20-17(21)14-6-8-16(18)9-7-14/h4-10H,1-3H3,(H,20,21)/b19-13-. The summed E-state index contributed by atoms with van der Waals surface area (Å²) in [5.41, 5.74) is 6.90. The molecule has 0 aliphatic carbocycles. The number of carbonyl (C=O) groups is 1. The first kappa shape index (κ1) is 14.9. The van der Waals surface area contributed by atoms with Crippen LogP contribution >= 0.6 is 0 Å². The van der Waals surface area contributed by atoms with E-state index < -0.39 is 0 Å². The highest BCUT2D eigenvalue weighted by molar-refractivity contribution is 6.01. The van der Waals surface area contributed by atoms with Crippen molar-refractivity contribution >= 4 is 11.6 Å². The number of halogens is 1. The van der Waals surface area contributed by atoms with Gasteiger partial charge in [0.25, 0.3) is 5.91 Å². The average molecular weight is 284 g/mol. The number of hydrazone groups is 1. The van der Waals surface area contributed by atoms with E-state index in [1.165, 1.54) is 35.4 Å². The maximum absolute atomic E-state index is 12.8. The van der Waals surface area contributed by atoms with Gasteiger partial charge in [0, 0.05) is 5.56 Å². The summed E-state index contributed by atoms with van der Waals surface area (Å²) >= 11 is 0. The Kier molecular flexibility index (Phi) is 4.48. The Labute approximate surface area is 123 Å². The van der Waals surface area contributed by atoms with Crippen LogP contribution < -0.4 is 5.43 Å². The topological polar surface area (TPSA) is 41.5 Å². The highest BCUT2D eigenvalue weighted by Gasteiger charge is 2.05. The SMILES string of the molecule is C/C(=N/NC(=O)c1ccc(F)cc1)c1ccc(C)c(C)c1. The smallest absolute Gasteiger partial charge is 0.267 e. The molecule has 0 bridgehead atoms. The molecule has 21 heavy (non-hydrogen) atoms. The lowest BCUT2D eigenvalue weighted by molar-refractivity contribution is 0.0955. The van der Waals surface area contributed by atoms with Crippen molar-refractivity contribution in [1.29, 1.82) is 0 Å². The molecule has 2 aromatic carbocycles. The van der Waals surface area contributed by atoms with Crippen LogP contribution in [0.1, 0.15) is 34.0 Å². The van der Waals surface area contributed by atoms with Crippen molar-refractivity contribution in [2.24, 2.45) is 5.10 Å². The van der Waals surface area contributed by atoms with Gasteiger partial charge in [-0.3, -0.25) is 4.79 Å². The fourth-order valence-corrected chi connectivity index (χ4v) is 1.83. The molecule has 0 atom stereocenters. The van der Waals surface area contributed by atoms with Gasteiger partial charge in [0.05, 0.1) is 5.71 Å². The molecule has 0 aromatic heterocycles. The number of nitrogens with one attached hydrogen (secondary N) is 1. The van der Waals surface area contributed by atoms with Crippen molar-refractivity contribution in [3.63, 3.8) is 0 Å². The summed E-state index contributed by atoms with van der Waals surface area (Å²) in [5.74, 6) is -0.737. The van der Waals surface area contributed by atoms with Gasteiger partial charge in [0.15, 0.2) is 0 Å². The molecule has 0 fully saturated rings. The monoisotopic (exact) mass is 284 g/mol. The zero-order valence-corrected chi connectivity index (χ0v) is 12.3. The molecule has 4 heteroatoms. The lowest BCUT2D eigenvalue weighted by atomic mass is 10.0. The van der Waals surface area contributed by atoms with Crippen LogP contribution in [0.25, 0.3) is 0 Å². The zero-order chi connectivity index (χ0) is 15.4. The third-order valence-corrected chi connectivity index (χ3v) is 3.36. The van der Waals surface area contributed by atoms with Crippen LogP contribution in [0.3, 0.4) is 0 Å². The second-order valence-corrected chi connectivity index (χ2v) is 4.94. The molecule has 108 valence electrons. The van der Waals surface area contributed by atoms with Gasteiger partial charge in [-0.25, -0.2) is 9.82 Å². The molecule has 0 unspecified atom stereocenters. The summed E-state index contributed by atoms with van der Waals surface area (Å²) in [5, 5.41) is 4.09. The minimum atomic E-state index is -0.374. The number of amides is 1. The molecule has 2 rings (SSSR count). The average Bonchev–Trinajstić information content (AvgIpc) is 2.48. The van der Waals surface area contributed by atoms with Gasteiger partial charge in [-0.15, -0.1) is 0 Å². The van der Waals surface area contributed by atoms with Crippen LogP contribution in [0.5, 0.6) is 0 Å². The van der Waals surface area contributed by atoms with Crippen molar-refractivity contribution in [2.45, 2.75) is 20.8 Å². The number of aryl methyl sites for hydroxylation is 2. The lowest BCUT2D eigenvalue weighted by Gasteiger charge is -2.06. The number of carbonyl (C=O) groups excluding carboxylic acids is 1. The molecule has 0 spiro atoms. The van der Waals surface area contributed by atoms with E-state index in [1.54, 1.807) is 0 Å². The van der Waals surface area contributed by atoms with Crippen LogP contribution in [0.2, 0.25) is 0 Å². The van der Waals surface area contributed by atoms with Gasteiger partial charge in [-0.05, 0) is 67.8 Å². The Balaban J connectivity index is 2.10. The molecule has 0 saturated carbocycles. The molecule has 0 heterocycles. The number of benzene rings is 2. The lowest BCUT2D eigenvalue weighted by Crippen LogP contribution is -2.19. The molecule has 0 aliphatic heterocycles. The third-order valence-electron chi connectivity index (χ3n) is 3.36. The van der Waals surface area contributed by atoms with Crippen LogP contribution in [0.15, 0.2) is 47.6 Å². The second-order valence-electron chi connectivity index (χ2n) is 4.94. The van der Waals surface area contributed by atoms with Crippen molar-refractivity contribution in [1.82, 2.24) is 5.43 Å². The quantitative estimate of drug-likeness (QED) is 0.679. The summed E-state index contributed by atoms with van der Waals surface area (Å²) < 4.78 is 12.8. The van der Waals surface area contributed by atoms with E-state index in [9.17, 15) is 9.18 Å². The normalized spacial score (nSPS) is 11.3. The summed E-state index contributed by atoms with van der Waals surface area (Å²) in [6.07, 6.45) is 0. The molecule has 2 aromatic rings. The fourth-order valence-electron chi connectivity index (χ4n) is 1.83. The molecular formula is C17H17FN2O. The zero-order valence-electron chi connectivity index (χ0n) is 12.3. The van der Waals surface area contributed by atoms with Crippen molar-refractivity contribution < 1.29 is 9.18 Å². The van der Waals surface area contributed by atoms with Gasteiger partial charge < -0.3 is 0 Å². The van der Waals surface area contributed by atoms with Crippen LogP contribution in [-0.4, -0.2) is 11.6 Å². The Morgan fingerprint density at radius 2 is 1.62 bits per heavy atom. The van der Waals surface area contributed by atoms with Crippen molar-refractivity contribution in [2.75, 3.05) is 0 Å². The first-order valence-electron chi connectivity index (χ1n) is 6.65. The van der Waals surface area contributed by atoms with Gasteiger partial charge in [0.1, 0.15) is 5.82 Å². The molecule has 0 saturated heterocycles. The Bertz CT molecular complexity index is 690. The Morgan fingerprint density at radius 3 is 2.24 bits per heavy atom. The van der Waals surface area contributed by atoms with Gasteiger partial charge in [-0.2, -0.15) is 5.10 Å². The third kappa shape index (κ3) is 3.75. The van der Waals surface area contributed by atoms with Crippen LogP contribution in [0.4, 0.5) is 4.39 Å². The molecule has 0 radical (unpaired) electrons. The maximum atomic E-state index is 12.8. The fraction of sp³-hybridized carbons (Fsp3) is 0.176. The first-order valence-corrected chi connectivity index (χ1v) is 6.65. The van der Waals surface area contributed by atoms with E-state index in [0.717, 1.165) is 5.56 Å². The molecule has 1 amide bonds. The molecule has 3 nitrogen and oxygen atoms in total. The summed E-state index contributed by atoms with van der Waals surface area (Å²) in [7, 11) is 0. The number of hydrogen-bond donors (Lipinski definition) is 1. The maximum Gasteiger partial charge on any atom is 0.271 e. The van der Waals surface area contributed by atoms with E-state index in [-0.39, 0.29) is 11.7 Å². The highest BCUT2D eigenvalue weighted by atomic mass is 19.1. The largest absolute Gasteiger partial charge is 0.271 e.